The molecule has 2 aliphatic rings. The predicted octanol–water partition coefficient (Wildman–Crippen LogP) is 2.57. The second kappa shape index (κ2) is 6.44. The molecule has 1 N–H and O–H groups in total. The van der Waals surface area contributed by atoms with Gasteiger partial charge in [0.15, 0.2) is 0 Å². The number of benzene rings is 2. The molecule has 6 nitrogen and oxygen atoms in total. The first-order valence-corrected chi connectivity index (χ1v) is 9.11. The summed E-state index contributed by atoms with van der Waals surface area (Å²) in [7, 11) is 0. The maximum absolute atomic E-state index is 13.2. The van der Waals surface area contributed by atoms with Crippen LogP contribution in [-0.2, 0) is 21.5 Å². The molecular formula is C21H20FN3O3. The molecular weight excluding hydrogens is 361 g/mol. The standard InChI is InChI=1S/C21H20FN3O3/c1-13-11-14-5-3-4-6-17(14)25(13)18(26)12-24-19(27)21(2,23-20(24)28)15-7-9-16(22)10-8-15/h3-10,13H,11-12H2,1-2H3,(H,23,28)/t13-,21-/m0/s1. The van der Waals surface area contributed by atoms with E-state index in [1.807, 2.05) is 31.2 Å². The van der Waals surface area contributed by atoms with E-state index in [9.17, 15) is 18.8 Å². The lowest BCUT2D eigenvalue weighted by Gasteiger charge is -2.25. The van der Waals surface area contributed by atoms with Crippen molar-refractivity contribution in [2.45, 2.75) is 31.8 Å². The van der Waals surface area contributed by atoms with E-state index in [4.69, 9.17) is 0 Å². The highest BCUT2D eigenvalue weighted by Crippen LogP contribution is 2.33. The molecule has 0 aliphatic carbocycles. The number of rotatable bonds is 3. The van der Waals surface area contributed by atoms with Crippen molar-refractivity contribution >= 4 is 23.5 Å². The third-order valence-corrected chi connectivity index (χ3v) is 5.47. The summed E-state index contributed by atoms with van der Waals surface area (Å²) in [6, 6.07) is 12.3. The SMILES string of the molecule is C[C@H]1Cc2ccccc2N1C(=O)CN1C(=O)N[C@@](C)(c2ccc(F)cc2)C1=O. The van der Waals surface area contributed by atoms with E-state index >= 15 is 0 Å². The van der Waals surface area contributed by atoms with Gasteiger partial charge in [-0.2, -0.15) is 0 Å². The topological polar surface area (TPSA) is 69.7 Å². The summed E-state index contributed by atoms with van der Waals surface area (Å²) < 4.78 is 13.2. The quantitative estimate of drug-likeness (QED) is 0.831. The first-order valence-electron chi connectivity index (χ1n) is 9.11. The monoisotopic (exact) mass is 381 g/mol. The van der Waals surface area contributed by atoms with E-state index in [0.29, 0.717) is 5.56 Å². The number of anilines is 1. The molecule has 0 unspecified atom stereocenters. The summed E-state index contributed by atoms with van der Waals surface area (Å²) >= 11 is 0. The maximum Gasteiger partial charge on any atom is 0.325 e. The minimum absolute atomic E-state index is 0.0471. The van der Waals surface area contributed by atoms with Gasteiger partial charge in [-0.05, 0) is 49.6 Å². The molecule has 0 radical (unpaired) electrons. The van der Waals surface area contributed by atoms with Crippen LogP contribution in [0.3, 0.4) is 0 Å². The smallest absolute Gasteiger partial charge is 0.319 e. The Labute approximate surface area is 161 Å². The Hall–Kier alpha value is -3.22. The second-order valence-electron chi connectivity index (χ2n) is 7.40. The van der Waals surface area contributed by atoms with Crippen molar-refractivity contribution in [1.82, 2.24) is 10.2 Å². The lowest BCUT2D eigenvalue weighted by Crippen LogP contribution is -2.46. The van der Waals surface area contributed by atoms with Crippen LogP contribution in [0.5, 0.6) is 0 Å². The summed E-state index contributed by atoms with van der Waals surface area (Å²) in [5.41, 5.74) is 1.01. The van der Waals surface area contributed by atoms with E-state index in [-0.39, 0.29) is 18.5 Å². The lowest BCUT2D eigenvalue weighted by molar-refractivity contribution is -0.134. The van der Waals surface area contributed by atoms with Gasteiger partial charge < -0.3 is 10.2 Å². The maximum atomic E-state index is 13.2. The normalized spacial score (nSPS) is 23.8. The van der Waals surface area contributed by atoms with Gasteiger partial charge in [0.05, 0.1) is 0 Å². The molecule has 1 fully saturated rings. The Morgan fingerprint density at radius 3 is 2.57 bits per heavy atom. The van der Waals surface area contributed by atoms with Crippen LogP contribution in [0, 0.1) is 5.82 Å². The average Bonchev–Trinajstić information content (AvgIpc) is 3.11. The summed E-state index contributed by atoms with van der Waals surface area (Å²) in [6.45, 7) is 3.14. The summed E-state index contributed by atoms with van der Waals surface area (Å²) in [5, 5.41) is 2.64. The zero-order valence-corrected chi connectivity index (χ0v) is 15.6. The Bertz CT molecular complexity index is 975. The molecule has 28 heavy (non-hydrogen) atoms. The Morgan fingerprint density at radius 2 is 1.86 bits per heavy atom. The van der Waals surface area contributed by atoms with Crippen molar-refractivity contribution in [3.05, 3.63) is 65.5 Å². The van der Waals surface area contributed by atoms with Crippen molar-refractivity contribution in [3.63, 3.8) is 0 Å². The molecule has 2 aromatic rings. The van der Waals surface area contributed by atoms with Crippen molar-refractivity contribution in [2.75, 3.05) is 11.4 Å². The van der Waals surface area contributed by atoms with Gasteiger partial charge in [-0.3, -0.25) is 14.5 Å². The van der Waals surface area contributed by atoms with Crippen molar-refractivity contribution < 1.29 is 18.8 Å². The number of nitrogens with one attached hydrogen (secondary N) is 1. The zero-order valence-electron chi connectivity index (χ0n) is 15.6. The molecule has 0 spiro atoms. The number of para-hydroxylation sites is 1. The van der Waals surface area contributed by atoms with Crippen LogP contribution in [0.1, 0.15) is 25.0 Å². The Morgan fingerprint density at radius 1 is 1.18 bits per heavy atom. The molecule has 144 valence electrons. The Kier molecular flexibility index (Phi) is 4.18. The van der Waals surface area contributed by atoms with Gasteiger partial charge in [-0.25, -0.2) is 9.18 Å². The van der Waals surface area contributed by atoms with Crippen LogP contribution in [0.2, 0.25) is 0 Å². The fourth-order valence-electron chi connectivity index (χ4n) is 3.98. The molecule has 4 amide bonds. The third-order valence-electron chi connectivity index (χ3n) is 5.47. The van der Waals surface area contributed by atoms with Gasteiger partial charge >= 0.3 is 6.03 Å². The molecule has 0 aromatic heterocycles. The zero-order chi connectivity index (χ0) is 20.1. The minimum Gasteiger partial charge on any atom is -0.319 e. The van der Waals surface area contributed by atoms with Crippen molar-refractivity contribution in [3.8, 4) is 0 Å². The number of nitrogens with zero attached hydrogens (tertiary/aromatic N) is 2. The van der Waals surface area contributed by atoms with E-state index < -0.39 is 23.3 Å². The van der Waals surface area contributed by atoms with Crippen molar-refractivity contribution in [2.24, 2.45) is 0 Å². The first kappa shape index (κ1) is 18.2. The molecule has 2 heterocycles. The van der Waals surface area contributed by atoms with E-state index in [1.165, 1.54) is 24.3 Å². The Balaban J connectivity index is 1.57. The number of fused-ring (bicyclic) bond motifs is 1. The van der Waals surface area contributed by atoms with Gasteiger partial charge in [-0.15, -0.1) is 0 Å². The number of imide groups is 1. The van der Waals surface area contributed by atoms with E-state index in [1.54, 1.807) is 11.8 Å². The fourth-order valence-corrected chi connectivity index (χ4v) is 3.98. The highest BCUT2D eigenvalue weighted by Gasteiger charge is 2.50. The molecule has 1 saturated heterocycles. The highest BCUT2D eigenvalue weighted by atomic mass is 19.1. The largest absolute Gasteiger partial charge is 0.325 e. The molecule has 0 saturated carbocycles. The number of hydrogen-bond donors (Lipinski definition) is 1. The predicted molar refractivity (Wildman–Crippen MR) is 101 cm³/mol. The number of urea groups is 1. The van der Waals surface area contributed by atoms with E-state index in [0.717, 1.165) is 22.6 Å². The molecule has 7 heteroatoms. The van der Waals surface area contributed by atoms with Gasteiger partial charge in [0, 0.05) is 11.7 Å². The summed E-state index contributed by atoms with van der Waals surface area (Å²) in [6.07, 6.45) is 0.731. The molecule has 0 bridgehead atoms. The lowest BCUT2D eigenvalue weighted by atomic mass is 9.92. The van der Waals surface area contributed by atoms with Crippen LogP contribution >= 0.6 is 0 Å². The average molecular weight is 381 g/mol. The van der Waals surface area contributed by atoms with Crippen molar-refractivity contribution in [1.29, 1.82) is 0 Å². The second-order valence-corrected chi connectivity index (χ2v) is 7.40. The van der Waals surface area contributed by atoms with Gasteiger partial charge in [0.1, 0.15) is 17.9 Å². The van der Waals surface area contributed by atoms with Crippen LogP contribution in [0.15, 0.2) is 48.5 Å². The van der Waals surface area contributed by atoms with Gasteiger partial charge in [-0.1, -0.05) is 30.3 Å². The number of carbonyl (C=O) groups excluding carboxylic acids is 3. The molecule has 2 aliphatic heterocycles. The van der Waals surface area contributed by atoms with Gasteiger partial charge in [0.25, 0.3) is 5.91 Å². The summed E-state index contributed by atoms with van der Waals surface area (Å²) in [4.78, 5) is 41.0. The fraction of sp³-hybridized carbons (Fsp3) is 0.286. The number of carbonyl (C=O) groups is 3. The van der Waals surface area contributed by atoms with Crippen LogP contribution in [0.4, 0.5) is 14.9 Å². The number of hydrogen-bond acceptors (Lipinski definition) is 3. The first-order chi connectivity index (χ1) is 13.3. The molecule has 2 aromatic carbocycles. The number of halogens is 1. The molecule has 4 rings (SSSR count). The van der Waals surface area contributed by atoms with Crippen LogP contribution in [-0.4, -0.2) is 35.3 Å². The highest BCUT2D eigenvalue weighted by molar-refractivity contribution is 6.10. The molecule has 2 atom stereocenters. The number of amides is 4. The van der Waals surface area contributed by atoms with Crippen LogP contribution in [0.25, 0.3) is 0 Å². The van der Waals surface area contributed by atoms with Crippen LogP contribution < -0.4 is 10.2 Å². The summed E-state index contributed by atoms with van der Waals surface area (Å²) in [5.74, 6) is -1.28. The van der Waals surface area contributed by atoms with E-state index in [2.05, 4.69) is 5.32 Å². The third kappa shape index (κ3) is 2.74. The minimum atomic E-state index is -1.33. The van der Waals surface area contributed by atoms with Gasteiger partial charge in [0.2, 0.25) is 5.91 Å².